The van der Waals surface area contributed by atoms with Gasteiger partial charge in [-0.15, -0.1) is 0 Å². The lowest BCUT2D eigenvalue weighted by Gasteiger charge is -2.31. The van der Waals surface area contributed by atoms with E-state index in [4.69, 9.17) is 43.2 Å². The lowest BCUT2D eigenvalue weighted by molar-refractivity contribution is -0.163. The Balaban J connectivity index is 0.772. The van der Waals surface area contributed by atoms with E-state index in [2.05, 4.69) is 16.0 Å². The molecule has 4 aromatic carbocycles. The number of allylic oxidation sites excluding steroid dienone is 1. The minimum Gasteiger partial charge on any atom is -0.438 e. The summed E-state index contributed by atoms with van der Waals surface area (Å²) >= 11 is 0. The Kier molecular flexibility index (Phi) is 26.6. The second kappa shape index (κ2) is 34.4. The molecule has 5 aromatic rings. The quantitative estimate of drug-likeness (QED) is 0.00738. The van der Waals surface area contributed by atoms with Crippen LogP contribution in [0.5, 0.6) is 0 Å². The number of nitrogens with two attached hydrogens (primary N) is 1. The second-order valence-electron chi connectivity index (χ2n) is 27.2. The molecule has 25 nitrogen and oxygen atoms in total. The maximum Gasteiger partial charge on any atom is 0.410 e. The van der Waals surface area contributed by atoms with Crippen LogP contribution in [0.2, 0.25) is 0 Å². The highest BCUT2D eigenvalue weighted by Gasteiger charge is 2.56. The van der Waals surface area contributed by atoms with Gasteiger partial charge in [-0.3, -0.25) is 71.3 Å². The average molecular weight is 1410 g/mol. The SMILES string of the molecule is C/C(=C\C(=O)N[C@H]1CCc2cccc3c2N(C1=O)[C@H](C(=O)NC(CCC(N)=O)[C@@H](C)OCc1ccc(CCCOCCOCCOCCCc2cccc4c2n(C)c(=O)n4C2CCC(=O)NC2=O)cc1)C3)c1ccc(C(F)(F)P(=O)(OCOC(=O)C(C)(C)C)OCOC(=O)C(C)(C)C)cc1. The first-order valence-corrected chi connectivity index (χ1v) is 35.1. The van der Waals surface area contributed by atoms with Crippen molar-refractivity contribution in [3.8, 4) is 0 Å². The average Bonchev–Trinajstić information content (AvgIpc) is 1.61. The summed E-state index contributed by atoms with van der Waals surface area (Å²) in [6, 6.07) is 20.0. The third-order valence-corrected chi connectivity index (χ3v) is 19.4. The number of ether oxygens (including phenoxy) is 6. The van der Waals surface area contributed by atoms with E-state index in [9.17, 15) is 47.7 Å². The molecule has 8 rings (SSSR count). The number of benzene rings is 4. The Bertz CT molecular complexity index is 3880. The van der Waals surface area contributed by atoms with Crippen molar-refractivity contribution in [1.29, 1.82) is 0 Å². The van der Waals surface area contributed by atoms with Crippen molar-refractivity contribution < 1.29 is 89.2 Å². The topological polar surface area (TPSA) is 320 Å². The van der Waals surface area contributed by atoms with Crippen LogP contribution in [0.1, 0.15) is 145 Å². The summed E-state index contributed by atoms with van der Waals surface area (Å²) in [5, 5.41) is 8.19. The van der Waals surface area contributed by atoms with Crippen molar-refractivity contribution in [3.63, 3.8) is 0 Å². The summed E-state index contributed by atoms with van der Waals surface area (Å²) in [7, 11) is -3.92. The Labute approximate surface area is 579 Å². The standard InChI is InChI=1S/C72H92F2N7O18P/c1-45(49-24-27-53(28-25-49)72(73,74)100(91,98-43-96-67(88)70(3,4)5)99-44-97-68(89)71(6,7)8)40-61(84)76-55-29-26-51-15-10-17-52-41-58(81(62(51)52)66(55)87)65(86)77-54(30-32-59(75)82)46(2)95-42-48-22-20-47(21-23-48)14-12-34-92-36-38-94-39-37-93-35-13-18-50-16-11-19-56-63(50)79(9)69(90)80(56)57-31-33-60(83)78-64(57)85/h10-11,15-17,19-25,27-28,40,46,54-55,57-58H,12-14,18,26,29-39,41-44H2,1-9H3,(H2,75,82)(H,76,84)(H,77,86)(H,78,83,85)/b45-40+/t46-,54?,55+,57?,58+/m1/s1. The molecule has 0 saturated carbocycles. The molecule has 0 radical (unpaired) electrons. The van der Waals surface area contributed by atoms with Crippen LogP contribution in [0.15, 0.2) is 95.8 Å². The van der Waals surface area contributed by atoms with Gasteiger partial charge < -0.3 is 44.8 Å². The molecule has 100 heavy (non-hydrogen) atoms. The third-order valence-electron chi connectivity index (χ3n) is 17.5. The number of imide groups is 1. The minimum atomic E-state index is -5.61. The number of carbonyl (C=O) groups is 8. The molecular weight excluding hydrogens is 1320 g/mol. The van der Waals surface area contributed by atoms with Gasteiger partial charge in [-0.25, -0.2) is 4.79 Å². The van der Waals surface area contributed by atoms with Crippen molar-refractivity contribution >= 4 is 77.3 Å². The van der Waals surface area contributed by atoms with E-state index in [-0.39, 0.29) is 56.7 Å². The summed E-state index contributed by atoms with van der Waals surface area (Å²) < 4.78 is 92.9. The summed E-state index contributed by atoms with van der Waals surface area (Å²) in [4.78, 5) is 119. The number of hydrogen-bond acceptors (Lipinski definition) is 18. The third kappa shape index (κ3) is 19.8. The van der Waals surface area contributed by atoms with Crippen LogP contribution in [0, 0.1) is 10.8 Å². The maximum absolute atomic E-state index is 16.3. The van der Waals surface area contributed by atoms with Gasteiger partial charge in [-0.1, -0.05) is 78.9 Å². The van der Waals surface area contributed by atoms with Gasteiger partial charge in [0.15, 0.2) is 0 Å². The lowest BCUT2D eigenvalue weighted by Crippen LogP contribution is -2.56. The largest absolute Gasteiger partial charge is 0.438 e. The highest BCUT2D eigenvalue weighted by atomic mass is 31.2. The Hall–Kier alpha value is -8.30. The first kappa shape index (κ1) is 77.4. The van der Waals surface area contributed by atoms with Crippen molar-refractivity contribution in [2.45, 2.75) is 169 Å². The van der Waals surface area contributed by atoms with Gasteiger partial charge in [-0.05, 0) is 152 Å². The zero-order valence-corrected chi connectivity index (χ0v) is 59.1. The number of halogens is 2. The van der Waals surface area contributed by atoms with E-state index in [1.165, 1.54) is 69.2 Å². The highest BCUT2D eigenvalue weighted by molar-refractivity contribution is 7.54. The van der Waals surface area contributed by atoms with E-state index in [1.54, 1.807) is 25.5 Å². The number of primary amides is 1. The monoisotopic (exact) mass is 1410 g/mol. The Morgan fingerprint density at radius 1 is 0.750 bits per heavy atom. The normalized spacial score (nSPS) is 17.3. The lowest BCUT2D eigenvalue weighted by atomic mass is 9.98. The number of nitrogens with one attached hydrogen (secondary N) is 3. The molecule has 542 valence electrons. The van der Waals surface area contributed by atoms with Crippen molar-refractivity contribution in [3.05, 3.63) is 140 Å². The number of carbonyl (C=O) groups excluding carboxylic acids is 8. The van der Waals surface area contributed by atoms with Crippen LogP contribution >= 0.6 is 7.60 Å². The number of amides is 6. The van der Waals surface area contributed by atoms with Gasteiger partial charge in [-0.2, -0.15) is 8.78 Å². The smallest absolute Gasteiger partial charge is 0.410 e. The zero-order chi connectivity index (χ0) is 72.7. The van der Waals surface area contributed by atoms with Crippen molar-refractivity contribution in [2.24, 2.45) is 23.6 Å². The number of alkyl halides is 2. The van der Waals surface area contributed by atoms with E-state index in [0.717, 1.165) is 58.3 Å². The number of imidazole rings is 1. The number of fused-ring (bicyclic) bond motifs is 1. The summed E-state index contributed by atoms with van der Waals surface area (Å²) in [5.74, 6) is -4.77. The Morgan fingerprint density at radius 3 is 1.95 bits per heavy atom. The number of para-hydroxylation sites is 2. The summed E-state index contributed by atoms with van der Waals surface area (Å²) in [6.45, 7) is 12.9. The number of nitrogens with zero attached hydrogens (tertiary/aromatic N) is 3. The fraction of sp³-hybridized carbons (Fsp3) is 0.514. The van der Waals surface area contributed by atoms with Gasteiger partial charge in [0.25, 0.3) is 0 Å². The van der Waals surface area contributed by atoms with E-state index in [1.807, 2.05) is 60.7 Å². The van der Waals surface area contributed by atoms with Gasteiger partial charge in [0, 0.05) is 51.2 Å². The number of piperidine rings is 1. The van der Waals surface area contributed by atoms with Crippen LogP contribution in [0.4, 0.5) is 14.5 Å². The summed E-state index contributed by atoms with van der Waals surface area (Å²) in [6.07, 6.45) is 4.77. The highest BCUT2D eigenvalue weighted by Crippen LogP contribution is 2.67. The molecule has 3 aliphatic heterocycles. The van der Waals surface area contributed by atoms with E-state index < -0.39 is 115 Å². The number of aryl methyl sites for hydroxylation is 4. The number of esters is 2. The first-order chi connectivity index (χ1) is 47.4. The van der Waals surface area contributed by atoms with Gasteiger partial charge >= 0.3 is 30.9 Å². The van der Waals surface area contributed by atoms with Gasteiger partial charge in [0.05, 0.1) is 72.7 Å². The molecule has 4 heterocycles. The molecule has 0 spiro atoms. The molecule has 1 aromatic heterocycles. The van der Waals surface area contributed by atoms with E-state index >= 15 is 8.78 Å². The second-order valence-corrected chi connectivity index (χ2v) is 29.3. The molecule has 0 bridgehead atoms. The number of hydrogen-bond donors (Lipinski definition) is 4. The van der Waals surface area contributed by atoms with Crippen molar-refractivity contribution in [2.75, 3.05) is 58.1 Å². The minimum absolute atomic E-state index is 0.0567. The fourth-order valence-electron chi connectivity index (χ4n) is 11.9. The fourth-order valence-corrected chi connectivity index (χ4v) is 13.1. The number of aromatic nitrogens is 2. The predicted octanol–water partition coefficient (Wildman–Crippen LogP) is 8.45. The Morgan fingerprint density at radius 2 is 1.34 bits per heavy atom. The van der Waals surface area contributed by atoms with Crippen LogP contribution in [-0.4, -0.2) is 134 Å². The number of rotatable bonds is 35. The molecule has 0 aliphatic carbocycles. The molecular formula is C72H92F2N7O18P. The van der Waals surface area contributed by atoms with Crippen LogP contribution < -0.4 is 32.3 Å². The molecule has 2 unspecified atom stereocenters. The van der Waals surface area contributed by atoms with Gasteiger partial charge in [0.1, 0.15) is 18.1 Å². The molecule has 3 aliphatic rings. The first-order valence-electron chi connectivity index (χ1n) is 33.6. The van der Waals surface area contributed by atoms with Crippen LogP contribution in [0.25, 0.3) is 16.6 Å². The predicted molar refractivity (Wildman–Crippen MR) is 365 cm³/mol. The van der Waals surface area contributed by atoms with Gasteiger partial charge in [0.2, 0.25) is 49.0 Å². The van der Waals surface area contributed by atoms with Crippen LogP contribution in [-0.2, 0) is 125 Å². The van der Waals surface area contributed by atoms with Crippen molar-refractivity contribution in [1.82, 2.24) is 25.1 Å². The molecule has 1 saturated heterocycles. The molecule has 1 fully saturated rings. The maximum atomic E-state index is 16.3. The molecule has 5 N–H and O–H groups in total. The molecule has 28 heteroatoms. The van der Waals surface area contributed by atoms with E-state index in [0.29, 0.717) is 81.2 Å². The summed E-state index contributed by atoms with van der Waals surface area (Å²) in [5.41, 5.74) is 5.06. The molecule has 5 atom stereocenters. The van der Waals surface area contributed by atoms with Crippen LogP contribution in [0.3, 0.4) is 0 Å². The zero-order valence-electron chi connectivity index (χ0n) is 58.2. The number of anilines is 1. The molecule has 6 amide bonds.